The Hall–Kier alpha value is -2.30. The van der Waals surface area contributed by atoms with Crippen molar-refractivity contribution in [3.63, 3.8) is 0 Å². The predicted octanol–water partition coefficient (Wildman–Crippen LogP) is 1.26. The highest BCUT2D eigenvalue weighted by Crippen LogP contribution is 2.08. The van der Waals surface area contributed by atoms with Crippen LogP contribution in [-0.2, 0) is 6.54 Å². The average Bonchev–Trinajstić information content (AvgIpc) is 2.76. The Kier molecular flexibility index (Phi) is 3.09. The van der Waals surface area contributed by atoms with E-state index in [4.69, 9.17) is 5.73 Å². The van der Waals surface area contributed by atoms with Gasteiger partial charge in [-0.3, -0.25) is 9.78 Å². The van der Waals surface area contributed by atoms with Gasteiger partial charge in [0, 0.05) is 25.1 Å². The number of hydrogen-bond donors (Lipinski definition) is 2. The molecule has 5 heteroatoms. The molecule has 2 aromatic rings. The Morgan fingerprint density at radius 2 is 2.35 bits per heavy atom. The van der Waals surface area contributed by atoms with Gasteiger partial charge in [0.05, 0.1) is 12.2 Å². The molecule has 0 aromatic carbocycles. The van der Waals surface area contributed by atoms with Crippen LogP contribution in [0, 0.1) is 0 Å². The molecule has 2 aromatic heterocycles. The van der Waals surface area contributed by atoms with Crippen molar-refractivity contribution in [2.45, 2.75) is 6.54 Å². The second kappa shape index (κ2) is 4.69. The van der Waals surface area contributed by atoms with Crippen molar-refractivity contribution in [1.82, 2.24) is 14.9 Å². The van der Waals surface area contributed by atoms with Crippen LogP contribution in [0.15, 0.2) is 36.7 Å². The van der Waals surface area contributed by atoms with Gasteiger partial charge < -0.3 is 15.6 Å². The molecule has 0 unspecified atom stereocenters. The van der Waals surface area contributed by atoms with Crippen LogP contribution in [0.4, 0.5) is 5.69 Å². The van der Waals surface area contributed by atoms with Gasteiger partial charge in [-0.15, -0.1) is 0 Å². The van der Waals surface area contributed by atoms with Crippen LogP contribution in [0.3, 0.4) is 0 Å². The van der Waals surface area contributed by atoms with Crippen LogP contribution in [0.25, 0.3) is 0 Å². The van der Waals surface area contributed by atoms with E-state index >= 15 is 0 Å². The number of H-pyrrole nitrogens is 1. The number of nitrogen functional groups attached to an aromatic ring is 1. The largest absolute Gasteiger partial charge is 0.397 e. The molecule has 1 amide bonds. The molecule has 5 nitrogen and oxygen atoms in total. The van der Waals surface area contributed by atoms with Gasteiger partial charge in [-0.25, -0.2) is 0 Å². The van der Waals surface area contributed by atoms with Crippen molar-refractivity contribution in [2.24, 2.45) is 0 Å². The highest BCUT2D eigenvalue weighted by molar-refractivity contribution is 5.93. The van der Waals surface area contributed by atoms with Crippen molar-refractivity contribution in [2.75, 3.05) is 12.8 Å². The number of pyridine rings is 1. The van der Waals surface area contributed by atoms with Crippen molar-refractivity contribution < 1.29 is 4.79 Å². The molecule has 17 heavy (non-hydrogen) atoms. The van der Waals surface area contributed by atoms with Gasteiger partial charge in [0.2, 0.25) is 0 Å². The van der Waals surface area contributed by atoms with E-state index in [1.807, 2.05) is 18.2 Å². The first kappa shape index (κ1) is 11.2. The van der Waals surface area contributed by atoms with Crippen molar-refractivity contribution in [1.29, 1.82) is 0 Å². The summed E-state index contributed by atoms with van der Waals surface area (Å²) in [6.45, 7) is 0.471. The van der Waals surface area contributed by atoms with E-state index < -0.39 is 0 Å². The van der Waals surface area contributed by atoms with Gasteiger partial charge >= 0.3 is 0 Å². The summed E-state index contributed by atoms with van der Waals surface area (Å²) in [6, 6.07) is 7.24. The Balaban J connectivity index is 2.06. The quantitative estimate of drug-likeness (QED) is 0.833. The molecule has 88 valence electrons. The van der Waals surface area contributed by atoms with Crippen LogP contribution < -0.4 is 5.73 Å². The van der Waals surface area contributed by atoms with Crippen molar-refractivity contribution in [3.05, 3.63) is 48.0 Å². The van der Waals surface area contributed by atoms with Crippen LogP contribution >= 0.6 is 0 Å². The lowest BCUT2D eigenvalue weighted by atomic mass is 10.3. The second-order valence-corrected chi connectivity index (χ2v) is 3.83. The fraction of sp³-hybridized carbons (Fsp3) is 0.167. The van der Waals surface area contributed by atoms with E-state index in [9.17, 15) is 4.79 Å². The average molecular weight is 230 g/mol. The van der Waals surface area contributed by atoms with E-state index in [0.717, 1.165) is 5.69 Å². The highest BCUT2D eigenvalue weighted by Gasteiger charge is 2.13. The molecule has 0 radical (unpaired) electrons. The zero-order valence-corrected chi connectivity index (χ0v) is 9.55. The number of nitrogens with one attached hydrogen (secondary N) is 1. The number of aromatic amines is 1. The summed E-state index contributed by atoms with van der Waals surface area (Å²) < 4.78 is 0. The Morgan fingerprint density at radius 3 is 2.94 bits per heavy atom. The summed E-state index contributed by atoms with van der Waals surface area (Å²) in [4.78, 5) is 20.6. The number of nitrogens with zero attached hydrogens (tertiary/aromatic N) is 2. The maximum Gasteiger partial charge on any atom is 0.270 e. The maximum absolute atomic E-state index is 12.0. The lowest BCUT2D eigenvalue weighted by molar-refractivity contribution is 0.0778. The van der Waals surface area contributed by atoms with Gasteiger partial charge in [0.25, 0.3) is 5.91 Å². The number of carbonyl (C=O) groups excluding carboxylic acids is 1. The lowest BCUT2D eigenvalue weighted by Crippen LogP contribution is -2.26. The number of amides is 1. The molecule has 0 bridgehead atoms. The first-order valence-electron chi connectivity index (χ1n) is 5.26. The lowest BCUT2D eigenvalue weighted by Gasteiger charge is -2.15. The highest BCUT2D eigenvalue weighted by atomic mass is 16.2. The maximum atomic E-state index is 12.0. The SMILES string of the molecule is CN(Cc1ccccn1)C(=O)c1cc(N)c[nH]1. The fourth-order valence-electron chi connectivity index (χ4n) is 1.55. The summed E-state index contributed by atoms with van der Waals surface area (Å²) in [5.74, 6) is -0.104. The molecular weight excluding hydrogens is 216 g/mol. The van der Waals surface area contributed by atoms with Gasteiger partial charge in [0.15, 0.2) is 0 Å². The molecule has 3 N–H and O–H groups in total. The van der Waals surface area contributed by atoms with Crippen LogP contribution in [-0.4, -0.2) is 27.8 Å². The normalized spacial score (nSPS) is 10.2. The minimum absolute atomic E-state index is 0.104. The molecule has 0 fully saturated rings. The minimum atomic E-state index is -0.104. The molecular formula is C12H14N4O. The smallest absolute Gasteiger partial charge is 0.270 e. The van der Waals surface area contributed by atoms with Gasteiger partial charge in [-0.2, -0.15) is 0 Å². The summed E-state index contributed by atoms with van der Waals surface area (Å²) in [5, 5.41) is 0. The van der Waals surface area contributed by atoms with E-state index in [1.165, 1.54) is 0 Å². The van der Waals surface area contributed by atoms with Gasteiger partial charge in [-0.1, -0.05) is 6.07 Å². The third-order valence-corrected chi connectivity index (χ3v) is 2.41. The Labute approximate surface area is 99.3 Å². The van der Waals surface area contributed by atoms with Crippen LogP contribution in [0.1, 0.15) is 16.2 Å². The first-order chi connectivity index (χ1) is 8.16. The van der Waals surface area contributed by atoms with E-state index in [-0.39, 0.29) is 5.91 Å². The molecule has 0 atom stereocenters. The third kappa shape index (κ3) is 2.63. The predicted molar refractivity (Wildman–Crippen MR) is 65.2 cm³/mol. The molecule has 0 aliphatic rings. The number of aromatic nitrogens is 2. The van der Waals surface area contributed by atoms with E-state index in [2.05, 4.69) is 9.97 Å². The molecule has 0 spiro atoms. The number of anilines is 1. The molecule has 0 aliphatic carbocycles. The number of carbonyl (C=O) groups is 1. The number of hydrogen-bond acceptors (Lipinski definition) is 3. The zero-order chi connectivity index (χ0) is 12.3. The van der Waals surface area contributed by atoms with Crippen LogP contribution in [0.2, 0.25) is 0 Å². The Morgan fingerprint density at radius 1 is 1.53 bits per heavy atom. The van der Waals surface area contributed by atoms with Crippen LogP contribution in [0.5, 0.6) is 0 Å². The van der Waals surface area contributed by atoms with Gasteiger partial charge in [0.1, 0.15) is 5.69 Å². The number of rotatable bonds is 3. The summed E-state index contributed by atoms with van der Waals surface area (Å²) in [6.07, 6.45) is 3.31. The third-order valence-electron chi connectivity index (χ3n) is 2.41. The molecule has 2 heterocycles. The monoisotopic (exact) mass is 230 g/mol. The standard InChI is InChI=1S/C12H14N4O/c1-16(8-10-4-2-3-5-14-10)12(17)11-6-9(13)7-15-11/h2-7,15H,8,13H2,1H3. The molecule has 0 saturated heterocycles. The van der Waals surface area contributed by atoms with E-state index in [1.54, 1.807) is 30.4 Å². The Bertz CT molecular complexity index is 506. The zero-order valence-electron chi connectivity index (χ0n) is 9.55. The summed E-state index contributed by atoms with van der Waals surface area (Å²) >= 11 is 0. The molecule has 0 saturated carbocycles. The topological polar surface area (TPSA) is 75.0 Å². The summed E-state index contributed by atoms with van der Waals surface area (Å²) in [7, 11) is 1.73. The fourth-order valence-corrected chi connectivity index (χ4v) is 1.55. The number of nitrogens with two attached hydrogens (primary N) is 1. The van der Waals surface area contributed by atoms with Crippen molar-refractivity contribution >= 4 is 11.6 Å². The van der Waals surface area contributed by atoms with E-state index in [0.29, 0.717) is 17.9 Å². The minimum Gasteiger partial charge on any atom is -0.397 e. The molecule has 0 aliphatic heterocycles. The summed E-state index contributed by atoms with van der Waals surface area (Å²) in [5.41, 5.74) is 7.45. The molecule has 2 rings (SSSR count). The second-order valence-electron chi connectivity index (χ2n) is 3.83. The van der Waals surface area contributed by atoms with Gasteiger partial charge in [-0.05, 0) is 18.2 Å². The van der Waals surface area contributed by atoms with Crippen molar-refractivity contribution in [3.8, 4) is 0 Å². The first-order valence-corrected chi connectivity index (χ1v) is 5.26.